The van der Waals surface area contributed by atoms with Crippen molar-refractivity contribution in [3.63, 3.8) is 0 Å². The molecule has 24 heavy (non-hydrogen) atoms. The van der Waals surface area contributed by atoms with Gasteiger partial charge in [-0.15, -0.1) is 0 Å². The molecule has 134 valence electrons. The van der Waals surface area contributed by atoms with Crippen LogP contribution in [0.3, 0.4) is 0 Å². The minimum absolute atomic E-state index is 0.154. The first-order valence-corrected chi connectivity index (χ1v) is 9.66. The highest BCUT2D eigenvalue weighted by Crippen LogP contribution is 2.36. The summed E-state index contributed by atoms with van der Waals surface area (Å²) in [6.45, 7) is 1.54. The number of piperidine rings is 1. The van der Waals surface area contributed by atoms with Gasteiger partial charge < -0.3 is 4.90 Å². The molecule has 1 saturated carbocycles. The van der Waals surface area contributed by atoms with Crippen LogP contribution in [0.25, 0.3) is 0 Å². The van der Waals surface area contributed by atoms with E-state index < -0.39 is 26.7 Å². The van der Waals surface area contributed by atoms with Gasteiger partial charge in [0.05, 0.1) is 10.5 Å². The second-order valence-corrected chi connectivity index (χ2v) is 8.42. The Morgan fingerprint density at radius 1 is 1.12 bits per heavy atom. The van der Waals surface area contributed by atoms with E-state index in [1.165, 1.54) is 12.8 Å². The van der Waals surface area contributed by atoms with Gasteiger partial charge >= 0.3 is 6.18 Å². The van der Waals surface area contributed by atoms with E-state index >= 15 is 0 Å². The van der Waals surface area contributed by atoms with Gasteiger partial charge in [-0.1, -0.05) is 11.6 Å². The van der Waals surface area contributed by atoms with Crippen LogP contribution in [-0.2, 0) is 16.2 Å². The predicted molar refractivity (Wildman–Crippen MR) is 84.4 cm³/mol. The lowest BCUT2D eigenvalue weighted by Gasteiger charge is -2.32. The molecule has 2 aliphatic rings. The zero-order valence-electron chi connectivity index (χ0n) is 12.8. The Morgan fingerprint density at radius 3 is 2.29 bits per heavy atom. The number of hydrogen-bond acceptors (Lipinski definition) is 3. The van der Waals surface area contributed by atoms with Crippen LogP contribution >= 0.6 is 11.6 Å². The van der Waals surface area contributed by atoms with Gasteiger partial charge in [0, 0.05) is 17.1 Å². The van der Waals surface area contributed by atoms with Crippen LogP contribution in [0.5, 0.6) is 0 Å². The molecule has 0 amide bonds. The smallest absolute Gasteiger partial charge is 0.300 e. The Labute approximate surface area is 144 Å². The summed E-state index contributed by atoms with van der Waals surface area (Å²) < 4.78 is 66.7. The van der Waals surface area contributed by atoms with Gasteiger partial charge in [0.15, 0.2) is 0 Å². The zero-order chi connectivity index (χ0) is 17.5. The highest BCUT2D eigenvalue weighted by Gasteiger charge is 2.39. The molecule has 1 aromatic rings. The van der Waals surface area contributed by atoms with Crippen LogP contribution in [0.15, 0.2) is 23.1 Å². The van der Waals surface area contributed by atoms with Crippen LogP contribution in [-0.4, -0.2) is 38.5 Å². The van der Waals surface area contributed by atoms with Gasteiger partial charge in [0.25, 0.3) is 0 Å². The Morgan fingerprint density at radius 2 is 1.75 bits per heavy atom. The molecule has 1 heterocycles. The van der Waals surface area contributed by atoms with Crippen LogP contribution in [0.1, 0.15) is 31.2 Å². The standard InChI is InChI=1S/C15H18ClF3N2O2S/c16-10-1-4-14(13(9-10)15(17,18)19)24(22,23)20-11-5-7-21(8-6-11)12-2-3-12/h1,4,9,11-12,20H,2-3,5-8H2. The van der Waals surface area contributed by atoms with Crippen molar-refractivity contribution in [2.75, 3.05) is 13.1 Å². The number of halogens is 4. The van der Waals surface area contributed by atoms with Gasteiger partial charge in [0.1, 0.15) is 0 Å². The van der Waals surface area contributed by atoms with E-state index in [0.717, 1.165) is 25.2 Å². The summed E-state index contributed by atoms with van der Waals surface area (Å²) in [5.41, 5.74) is -1.24. The lowest BCUT2D eigenvalue weighted by Crippen LogP contribution is -2.45. The molecule has 1 saturated heterocycles. The summed E-state index contributed by atoms with van der Waals surface area (Å²) in [5, 5.41) is -0.154. The lowest BCUT2D eigenvalue weighted by atomic mass is 10.1. The number of sulfonamides is 1. The van der Waals surface area contributed by atoms with Crippen molar-refractivity contribution in [2.24, 2.45) is 0 Å². The number of rotatable bonds is 4. The lowest BCUT2D eigenvalue weighted by molar-refractivity contribution is -0.139. The summed E-state index contributed by atoms with van der Waals surface area (Å²) in [4.78, 5) is 1.54. The molecule has 1 aliphatic heterocycles. The molecule has 0 radical (unpaired) electrons. The molecule has 0 unspecified atom stereocenters. The topological polar surface area (TPSA) is 49.4 Å². The van der Waals surface area contributed by atoms with E-state index in [1.54, 1.807) is 0 Å². The first-order chi connectivity index (χ1) is 11.2. The Kier molecular flexibility index (Phi) is 4.85. The van der Waals surface area contributed by atoms with Crippen LogP contribution in [0.2, 0.25) is 5.02 Å². The van der Waals surface area contributed by atoms with Crippen LogP contribution in [0.4, 0.5) is 13.2 Å². The second kappa shape index (κ2) is 6.48. The minimum Gasteiger partial charge on any atom is -0.300 e. The molecule has 2 fully saturated rings. The number of nitrogens with one attached hydrogen (secondary N) is 1. The molecule has 9 heteroatoms. The van der Waals surface area contributed by atoms with Crippen molar-refractivity contribution in [3.8, 4) is 0 Å². The quantitative estimate of drug-likeness (QED) is 0.869. The summed E-state index contributed by atoms with van der Waals surface area (Å²) in [6.07, 6.45) is -1.23. The van der Waals surface area contributed by atoms with E-state index in [2.05, 4.69) is 9.62 Å². The van der Waals surface area contributed by atoms with Crippen molar-refractivity contribution in [1.82, 2.24) is 9.62 Å². The molecule has 0 bridgehead atoms. The highest BCUT2D eigenvalue weighted by atomic mass is 35.5. The van der Waals surface area contributed by atoms with Crippen LogP contribution in [0, 0.1) is 0 Å². The molecule has 1 N–H and O–H groups in total. The van der Waals surface area contributed by atoms with Crippen molar-refractivity contribution >= 4 is 21.6 Å². The van der Waals surface area contributed by atoms with Gasteiger partial charge in [0.2, 0.25) is 10.0 Å². The first kappa shape index (κ1) is 18.0. The third kappa shape index (κ3) is 4.04. The maximum absolute atomic E-state index is 13.1. The number of nitrogens with zero attached hydrogens (tertiary/aromatic N) is 1. The van der Waals surface area contributed by atoms with Gasteiger partial charge in [-0.25, -0.2) is 13.1 Å². The molecule has 3 rings (SSSR count). The average molecular weight is 383 g/mol. The molecule has 0 spiro atoms. The second-order valence-electron chi connectivity index (χ2n) is 6.30. The van der Waals surface area contributed by atoms with Crippen LogP contribution < -0.4 is 4.72 Å². The summed E-state index contributed by atoms with van der Waals surface area (Å²) in [7, 11) is -4.26. The predicted octanol–water partition coefficient (Wildman–Crippen LogP) is 3.26. The fraction of sp³-hybridized carbons (Fsp3) is 0.600. The first-order valence-electron chi connectivity index (χ1n) is 7.80. The summed E-state index contributed by atoms with van der Waals surface area (Å²) in [6, 6.07) is 2.97. The Bertz CT molecular complexity index is 712. The van der Waals surface area contributed by atoms with E-state index in [4.69, 9.17) is 11.6 Å². The molecule has 4 nitrogen and oxygen atoms in total. The number of hydrogen-bond donors (Lipinski definition) is 1. The number of likely N-dealkylation sites (tertiary alicyclic amines) is 1. The molecule has 0 atom stereocenters. The minimum atomic E-state index is -4.79. The number of benzene rings is 1. The third-order valence-electron chi connectivity index (χ3n) is 4.45. The van der Waals surface area contributed by atoms with E-state index in [0.29, 0.717) is 24.9 Å². The molecule has 0 aromatic heterocycles. The molecule has 1 aliphatic carbocycles. The van der Waals surface area contributed by atoms with Gasteiger partial charge in [-0.05, 0) is 57.0 Å². The largest absolute Gasteiger partial charge is 0.417 e. The molecular formula is C15H18ClF3N2O2S. The fourth-order valence-electron chi connectivity index (χ4n) is 3.06. The van der Waals surface area contributed by atoms with Crippen molar-refractivity contribution in [2.45, 2.75) is 48.8 Å². The van der Waals surface area contributed by atoms with E-state index in [9.17, 15) is 21.6 Å². The third-order valence-corrected chi connectivity index (χ3v) is 6.26. The van der Waals surface area contributed by atoms with Gasteiger partial charge in [-0.3, -0.25) is 0 Å². The maximum atomic E-state index is 13.1. The van der Waals surface area contributed by atoms with Crippen molar-refractivity contribution in [1.29, 1.82) is 0 Å². The average Bonchev–Trinajstić information content (AvgIpc) is 3.31. The Balaban J connectivity index is 1.76. The molecule has 1 aromatic carbocycles. The van der Waals surface area contributed by atoms with Crippen molar-refractivity contribution in [3.05, 3.63) is 28.8 Å². The van der Waals surface area contributed by atoms with E-state index in [1.807, 2.05) is 0 Å². The number of alkyl halides is 3. The van der Waals surface area contributed by atoms with Crippen molar-refractivity contribution < 1.29 is 21.6 Å². The summed E-state index contributed by atoms with van der Waals surface area (Å²) in [5.74, 6) is 0. The maximum Gasteiger partial charge on any atom is 0.417 e. The highest BCUT2D eigenvalue weighted by molar-refractivity contribution is 7.89. The van der Waals surface area contributed by atoms with Gasteiger partial charge in [-0.2, -0.15) is 13.2 Å². The van der Waals surface area contributed by atoms with E-state index in [-0.39, 0.29) is 11.1 Å². The zero-order valence-corrected chi connectivity index (χ0v) is 14.4. The molecular weight excluding hydrogens is 365 g/mol. The summed E-state index contributed by atoms with van der Waals surface area (Å²) >= 11 is 5.60. The normalized spacial score (nSPS) is 21.2. The monoisotopic (exact) mass is 382 g/mol. The Hall–Kier alpha value is -0.830. The fourth-order valence-corrected chi connectivity index (χ4v) is 4.75. The SMILES string of the molecule is O=S(=O)(NC1CCN(C2CC2)CC1)c1ccc(Cl)cc1C(F)(F)F.